The van der Waals surface area contributed by atoms with E-state index >= 15 is 0 Å². The lowest BCUT2D eigenvalue weighted by Crippen LogP contribution is -2.28. The lowest BCUT2D eigenvalue weighted by molar-refractivity contribution is -0.161. The number of ether oxygens (including phenoxy) is 2. The van der Waals surface area contributed by atoms with Crippen molar-refractivity contribution in [3.63, 3.8) is 0 Å². The predicted molar refractivity (Wildman–Crippen MR) is 232 cm³/mol. The van der Waals surface area contributed by atoms with Gasteiger partial charge in [0.05, 0.1) is 6.61 Å². The van der Waals surface area contributed by atoms with Gasteiger partial charge in [-0.05, 0) is 96.3 Å². The Hall–Kier alpha value is -3.18. The third kappa shape index (κ3) is 41.6. The molecule has 0 aromatic carbocycles. The molecule has 5 nitrogen and oxygen atoms in total. The first kappa shape index (κ1) is 50.8. The van der Waals surface area contributed by atoms with Crippen LogP contribution < -0.4 is 0 Å². The number of unbranched alkanes of at least 4 members (excludes halogenated alkanes) is 14. The number of allylic oxidation sites excluding steroid dienone is 16. The van der Waals surface area contributed by atoms with Crippen molar-refractivity contribution in [2.24, 2.45) is 0 Å². The van der Waals surface area contributed by atoms with Crippen molar-refractivity contribution >= 4 is 11.9 Å². The predicted octanol–water partition coefficient (Wildman–Crippen LogP) is 14.1. The van der Waals surface area contributed by atoms with Crippen LogP contribution in [0.25, 0.3) is 0 Å². The Bertz CT molecular complexity index is 1070. The van der Waals surface area contributed by atoms with E-state index in [0.29, 0.717) is 19.3 Å². The van der Waals surface area contributed by atoms with Crippen LogP contribution in [-0.2, 0) is 19.1 Å². The van der Waals surface area contributed by atoms with Gasteiger partial charge in [0.2, 0.25) is 0 Å². The molecule has 0 spiro atoms. The Morgan fingerprint density at radius 2 is 0.759 bits per heavy atom. The summed E-state index contributed by atoms with van der Waals surface area (Å²) in [5.41, 5.74) is 0. The van der Waals surface area contributed by atoms with Gasteiger partial charge in [-0.1, -0.05) is 169 Å². The summed E-state index contributed by atoms with van der Waals surface area (Å²) in [4.78, 5) is 24.3. The van der Waals surface area contributed by atoms with Crippen molar-refractivity contribution in [3.05, 3.63) is 97.2 Å². The van der Waals surface area contributed by atoms with Crippen LogP contribution in [0.1, 0.15) is 181 Å². The molecule has 0 saturated heterocycles. The summed E-state index contributed by atoms with van der Waals surface area (Å²) in [6.07, 6.45) is 61.9. The molecule has 1 N–H and O–H groups in total. The molecule has 0 radical (unpaired) electrons. The monoisotopic (exact) mass is 749 g/mol. The van der Waals surface area contributed by atoms with Gasteiger partial charge in [-0.25, -0.2) is 0 Å². The van der Waals surface area contributed by atoms with Crippen molar-refractivity contribution in [3.8, 4) is 0 Å². The lowest BCUT2D eigenvalue weighted by Gasteiger charge is -2.15. The summed E-state index contributed by atoms with van der Waals surface area (Å²) in [6, 6.07) is 0. The number of rotatable bonds is 38. The van der Waals surface area contributed by atoms with Gasteiger partial charge in [-0.2, -0.15) is 0 Å². The largest absolute Gasteiger partial charge is 0.462 e. The van der Waals surface area contributed by atoms with Crippen molar-refractivity contribution in [1.82, 2.24) is 0 Å². The molecule has 0 rings (SSSR count). The molecule has 0 fully saturated rings. The van der Waals surface area contributed by atoms with Crippen molar-refractivity contribution in [1.29, 1.82) is 0 Å². The van der Waals surface area contributed by atoms with Gasteiger partial charge >= 0.3 is 11.9 Å². The molecule has 54 heavy (non-hydrogen) atoms. The highest BCUT2D eigenvalue weighted by Crippen LogP contribution is 2.10. The van der Waals surface area contributed by atoms with Gasteiger partial charge in [0.25, 0.3) is 0 Å². The molecule has 0 heterocycles. The number of aliphatic hydroxyl groups excluding tert-OH is 1. The Morgan fingerprint density at radius 3 is 1.20 bits per heavy atom. The number of aliphatic hydroxyl groups is 1. The van der Waals surface area contributed by atoms with E-state index in [4.69, 9.17) is 9.47 Å². The Labute approximate surface area is 332 Å². The topological polar surface area (TPSA) is 72.8 Å². The summed E-state index contributed by atoms with van der Waals surface area (Å²) in [6.45, 7) is 4.02. The van der Waals surface area contributed by atoms with Gasteiger partial charge in [0, 0.05) is 12.8 Å². The van der Waals surface area contributed by atoms with Crippen molar-refractivity contribution in [2.75, 3.05) is 13.2 Å². The summed E-state index contributed by atoms with van der Waals surface area (Å²) in [5, 5.41) is 9.57. The molecule has 306 valence electrons. The minimum atomic E-state index is -0.817. The van der Waals surface area contributed by atoms with Crippen LogP contribution in [0.3, 0.4) is 0 Å². The molecule has 0 amide bonds. The fourth-order valence-electron chi connectivity index (χ4n) is 5.53. The maximum Gasteiger partial charge on any atom is 0.306 e. The normalized spacial score (nSPS) is 13.2. The Kier molecular flexibility index (Phi) is 41.6. The quantitative estimate of drug-likeness (QED) is 0.0387. The van der Waals surface area contributed by atoms with Crippen LogP contribution in [-0.4, -0.2) is 36.4 Å². The zero-order chi connectivity index (χ0) is 39.3. The van der Waals surface area contributed by atoms with Gasteiger partial charge < -0.3 is 14.6 Å². The molecule has 0 aliphatic heterocycles. The van der Waals surface area contributed by atoms with E-state index < -0.39 is 6.10 Å². The molecular weight excluding hydrogens is 669 g/mol. The third-order valence-corrected chi connectivity index (χ3v) is 8.85. The van der Waals surface area contributed by atoms with Crippen LogP contribution >= 0.6 is 0 Å². The van der Waals surface area contributed by atoms with Crippen LogP contribution in [0, 0.1) is 0 Å². The number of hydrogen-bond acceptors (Lipinski definition) is 5. The van der Waals surface area contributed by atoms with E-state index in [0.717, 1.165) is 70.6 Å². The fourth-order valence-corrected chi connectivity index (χ4v) is 5.53. The van der Waals surface area contributed by atoms with Gasteiger partial charge in [0.1, 0.15) is 6.61 Å². The van der Waals surface area contributed by atoms with Crippen molar-refractivity contribution < 1.29 is 24.2 Å². The molecule has 0 saturated carbocycles. The Balaban J connectivity index is 3.74. The standard InChI is InChI=1S/C49H80O5/c1-3-5-7-9-11-13-15-17-19-21-23-24-26-27-29-31-33-35-37-39-41-43-48(51)53-46-47(45-50)54-49(52)44-42-40-38-36-34-32-30-28-25-22-20-18-16-14-12-10-8-6-4-2/h12,14,18-21,24-26,28-29,31-32,34-35,37,47,50H,3-11,13,15-17,22-23,27,30,33,36,38-46H2,1-2H3/b14-12+,20-18+,21-19+,26-24+,28-25+,31-29+,34-32+,37-35+/t47-/m0/s1. The van der Waals surface area contributed by atoms with E-state index in [2.05, 4.69) is 111 Å². The van der Waals surface area contributed by atoms with E-state index in [1.165, 1.54) is 77.0 Å². The molecule has 0 unspecified atom stereocenters. The summed E-state index contributed by atoms with van der Waals surface area (Å²) in [7, 11) is 0. The maximum absolute atomic E-state index is 12.2. The van der Waals surface area contributed by atoms with E-state index in [9.17, 15) is 14.7 Å². The molecule has 0 aliphatic carbocycles. The number of hydrogen-bond donors (Lipinski definition) is 1. The second kappa shape index (κ2) is 44.2. The van der Waals surface area contributed by atoms with E-state index in [-0.39, 0.29) is 25.2 Å². The van der Waals surface area contributed by atoms with Crippen LogP contribution in [0.5, 0.6) is 0 Å². The van der Waals surface area contributed by atoms with Gasteiger partial charge in [0.15, 0.2) is 6.10 Å². The highest BCUT2D eigenvalue weighted by molar-refractivity contribution is 5.70. The number of esters is 2. The maximum atomic E-state index is 12.2. The first-order valence-corrected chi connectivity index (χ1v) is 21.8. The number of carbonyl (C=O) groups excluding carboxylic acids is 2. The smallest absolute Gasteiger partial charge is 0.306 e. The molecule has 0 bridgehead atoms. The fraction of sp³-hybridized carbons (Fsp3) is 0.633. The average molecular weight is 749 g/mol. The second-order valence-corrected chi connectivity index (χ2v) is 14.1. The van der Waals surface area contributed by atoms with Gasteiger partial charge in [-0.15, -0.1) is 0 Å². The average Bonchev–Trinajstić information content (AvgIpc) is 3.17. The van der Waals surface area contributed by atoms with E-state index in [1.54, 1.807) is 0 Å². The van der Waals surface area contributed by atoms with E-state index in [1.807, 2.05) is 0 Å². The molecular formula is C49H80O5. The zero-order valence-electron chi connectivity index (χ0n) is 34.7. The van der Waals surface area contributed by atoms with Crippen LogP contribution in [0.2, 0.25) is 0 Å². The van der Waals surface area contributed by atoms with Crippen LogP contribution in [0.4, 0.5) is 0 Å². The number of carbonyl (C=O) groups is 2. The van der Waals surface area contributed by atoms with Crippen LogP contribution in [0.15, 0.2) is 97.2 Å². The highest BCUT2D eigenvalue weighted by Gasteiger charge is 2.16. The SMILES string of the molecule is CCCCC/C=C/C/C=C/C/C=C/C/C=C/CCCCCC(=O)O[C@@H](CO)COC(=O)CCC/C=C/C/C=C/C/C=C/C/C=C/CCCCCCCCC. The summed E-state index contributed by atoms with van der Waals surface area (Å²) < 4.78 is 10.6. The lowest BCUT2D eigenvalue weighted by atomic mass is 10.1. The molecule has 1 atom stereocenters. The molecule has 0 aromatic heterocycles. The second-order valence-electron chi connectivity index (χ2n) is 14.1. The first-order valence-electron chi connectivity index (χ1n) is 21.8. The molecule has 5 heteroatoms. The minimum absolute atomic E-state index is 0.113. The highest BCUT2D eigenvalue weighted by atomic mass is 16.6. The summed E-state index contributed by atoms with van der Waals surface area (Å²) in [5.74, 6) is -0.700. The third-order valence-electron chi connectivity index (χ3n) is 8.85. The first-order chi connectivity index (χ1) is 26.6. The zero-order valence-corrected chi connectivity index (χ0v) is 34.7. The minimum Gasteiger partial charge on any atom is -0.462 e. The Morgan fingerprint density at radius 1 is 0.426 bits per heavy atom. The van der Waals surface area contributed by atoms with Crippen molar-refractivity contribution in [2.45, 2.75) is 187 Å². The molecule has 0 aliphatic rings. The van der Waals surface area contributed by atoms with Gasteiger partial charge in [-0.3, -0.25) is 9.59 Å². The molecule has 0 aromatic rings. The summed E-state index contributed by atoms with van der Waals surface area (Å²) >= 11 is 0.